The highest BCUT2D eigenvalue weighted by Crippen LogP contribution is 2.26. The van der Waals surface area contributed by atoms with E-state index < -0.39 is 32.9 Å². The minimum atomic E-state index is -4.19. The van der Waals surface area contributed by atoms with E-state index in [-0.39, 0.29) is 10.6 Å². The van der Waals surface area contributed by atoms with Crippen molar-refractivity contribution >= 4 is 21.7 Å². The Balaban J connectivity index is 3.37. The van der Waals surface area contributed by atoms with Crippen LogP contribution in [-0.2, 0) is 14.8 Å². The number of nitrogens with zero attached hydrogens (tertiary/aromatic N) is 1. The first kappa shape index (κ1) is 18.1. The van der Waals surface area contributed by atoms with E-state index in [4.69, 9.17) is 5.11 Å². The molecular weight excluding hydrogens is 312 g/mol. The molecule has 2 N–H and O–H groups in total. The van der Waals surface area contributed by atoms with Crippen molar-refractivity contribution in [2.45, 2.75) is 38.6 Å². The lowest BCUT2D eigenvalue weighted by molar-refractivity contribution is -0.385. The molecule has 22 heavy (non-hydrogen) atoms. The SMILES string of the molecule is Cc1cc(C)c(S(=O)(=O)NC(C(=O)O)C(C)C)cc1[N+](=O)[O-]. The van der Waals surface area contributed by atoms with Gasteiger partial charge in [-0.15, -0.1) is 0 Å². The van der Waals surface area contributed by atoms with Crippen LogP contribution in [0, 0.1) is 29.9 Å². The number of hydrogen-bond acceptors (Lipinski definition) is 5. The molecule has 0 fully saturated rings. The number of aryl methyl sites for hydroxylation is 2. The minimum Gasteiger partial charge on any atom is -0.480 e. The normalized spacial score (nSPS) is 13.1. The van der Waals surface area contributed by atoms with Crippen molar-refractivity contribution < 1.29 is 23.2 Å². The summed E-state index contributed by atoms with van der Waals surface area (Å²) in [5, 5.41) is 20.0. The van der Waals surface area contributed by atoms with Gasteiger partial charge in [0.05, 0.1) is 9.82 Å². The van der Waals surface area contributed by atoms with Crippen LogP contribution in [0.5, 0.6) is 0 Å². The second-order valence-corrected chi connectivity index (χ2v) is 7.02. The Morgan fingerprint density at radius 3 is 2.23 bits per heavy atom. The molecule has 0 saturated heterocycles. The van der Waals surface area contributed by atoms with E-state index in [1.807, 2.05) is 0 Å². The molecule has 0 aromatic heterocycles. The lowest BCUT2D eigenvalue weighted by atomic mass is 10.1. The first-order valence-electron chi connectivity index (χ1n) is 6.48. The monoisotopic (exact) mass is 330 g/mol. The zero-order valence-electron chi connectivity index (χ0n) is 12.7. The van der Waals surface area contributed by atoms with Crippen molar-refractivity contribution in [3.8, 4) is 0 Å². The number of aliphatic carboxylic acids is 1. The molecule has 1 atom stereocenters. The van der Waals surface area contributed by atoms with Crippen molar-refractivity contribution in [1.29, 1.82) is 0 Å². The predicted octanol–water partition coefficient (Wildman–Crippen LogP) is 1.60. The van der Waals surface area contributed by atoms with Crippen molar-refractivity contribution in [1.82, 2.24) is 4.72 Å². The Morgan fingerprint density at radius 1 is 1.27 bits per heavy atom. The van der Waals surface area contributed by atoms with Crippen molar-refractivity contribution in [2.24, 2.45) is 5.92 Å². The van der Waals surface area contributed by atoms with Crippen LogP contribution >= 0.6 is 0 Å². The van der Waals surface area contributed by atoms with Gasteiger partial charge in [-0.05, 0) is 31.4 Å². The standard InChI is InChI=1S/C13H18N2O6S/c1-7(2)12(13(16)17)14-22(20,21)11-6-10(15(18)19)8(3)5-9(11)4/h5-7,12,14H,1-4H3,(H,16,17). The molecule has 0 spiro atoms. The van der Waals surface area contributed by atoms with Gasteiger partial charge in [0.1, 0.15) is 6.04 Å². The molecular formula is C13H18N2O6S. The van der Waals surface area contributed by atoms with E-state index in [1.54, 1.807) is 13.8 Å². The fraction of sp³-hybridized carbons (Fsp3) is 0.462. The summed E-state index contributed by atoms with van der Waals surface area (Å²) < 4.78 is 26.8. The number of carboxylic acid groups (broad SMARTS) is 1. The average molecular weight is 330 g/mol. The summed E-state index contributed by atoms with van der Waals surface area (Å²) in [6, 6.07) is 1.02. The number of sulfonamides is 1. The molecule has 1 unspecified atom stereocenters. The number of benzene rings is 1. The highest BCUT2D eigenvalue weighted by molar-refractivity contribution is 7.89. The topological polar surface area (TPSA) is 127 Å². The van der Waals surface area contributed by atoms with Gasteiger partial charge in [0.25, 0.3) is 5.69 Å². The largest absolute Gasteiger partial charge is 0.480 e. The van der Waals surface area contributed by atoms with E-state index >= 15 is 0 Å². The molecule has 122 valence electrons. The Kier molecular flexibility index (Phi) is 5.26. The van der Waals surface area contributed by atoms with E-state index in [9.17, 15) is 23.3 Å². The third-order valence-corrected chi connectivity index (χ3v) is 4.78. The molecule has 1 rings (SSSR count). The number of nitro benzene ring substituents is 1. The Bertz CT molecular complexity index is 711. The second kappa shape index (κ2) is 6.41. The maximum Gasteiger partial charge on any atom is 0.322 e. The highest BCUT2D eigenvalue weighted by atomic mass is 32.2. The van der Waals surface area contributed by atoms with Crippen LogP contribution in [0.2, 0.25) is 0 Å². The summed E-state index contributed by atoms with van der Waals surface area (Å²) in [7, 11) is -4.19. The summed E-state index contributed by atoms with van der Waals surface area (Å²) in [6.07, 6.45) is 0. The van der Waals surface area contributed by atoms with Gasteiger partial charge < -0.3 is 5.11 Å². The molecule has 8 nitrogen and oxygen atoms in total. The molecule has 0 aliphatic heterocycles. The van der Waals surface area contributed by atoms with Gasteiger partial charge in [-0.1, -0.05) is 13.8 Å². The average Bonchev–Trinajstić information content (AvgIpc) is 2.34. The van der Waals surface area contributed by atoms with E-state index in [0.29, 0.717) is 11.1 Å². The number of nitro groups is 1. The first-order chi connectivity index (χ1) is 9.97. The number of hydrogen-bond donors (Lipinski definition) is 2. The van der Waals surface area contributed by atoms with Gasteiger partial charge >= 0.3 is 5.97 Å². The number of carboxylic acids is 1. The van der Waals surface area contributed by atoms with Crippen LogP contribution in [0.15, 0.2) is 17.0 Å². The van der Waals surface area contributed by atoms with Crippen molar-refractivity contribution in [2.75, 3.05) is 0 Å². The Morgan fingerprint density at radius 2 is 1.82 bits per heavy atom. The molecule has 0 radical (unpaired) electrons. The number of rotatable bonds is 6. The van der Waals surface area contributed by atoms with Crippen molar-refractivity contribution in [3.63, 3.8) is 0 Å². The molecule has 0 bridgehead atoms. The van der Waals surface area contributed by atoms with E-state index in [2.05, 4.69) is 4.72 Å². The quantitative estimate of drug-likeness (QED) is 0.602. The van der Waals surface area contributed by atoms with Crippen LogP contribution < -0.4 is 4.72 Å². The smallest absolute Gasteiger partial charge is 0.322 e. The third-order valence-electron chi connectivity index (χ3n) is 3.19. The summed E-state index contributed by atoms with van der Waals surface area (Å²) in [6.45, 7) is 6.12. The van der Waals surface area contributed by atoms with Gasteiger partial charge in [0.15, 0.2) is 0 Å². The van der Waals surface area contributed by atoms with Crippen LogP contribution in [-0.4, -0.2) is 30.5 Å². The predicted molar refractivity (Wildman–Crippen MR) is 79.2 cm³/mol. The van der Waals surface area contributed by atoms with E-state index in [1.165, 1.54) is 19.9 Å². The Hall–Kier alpha value is -2.00. The first-order valence-corrected chi connectivity index (χ1v) is 7.96. The lowest BCUT2D eigenvalue weighted by Gasteiger charge is -2.18. The van der Waals surface area contributed by atoms with Crippen LogP contribution in [0.25, 0.3) is 0 Å². The van der Waals surface area contributed by atoms with Gasteiger partial charge in [-0.2, -0.15) is 4.72 Å². The fourth-order valence-electron chi connectivity index (χ4n) is 2.01. The van der Waals surface area contributed by atoms with Gasteiger partial charge in [0.2, 0.25) is 10.0 Å². The van der Waals surface area contributed by atoms with Gasteiger partial charge in [-0.3, -0.25) is 14.9 Å². The lowest BCUT2D eigenvalue weighted by Crippen LogP contribution is -2.44. The van der Waals surface area contributed by atoms with Crippen LogP contribution in [0.4, 0.5) is 5.69 Å². The van der Waals surface area contributed by atoms with E-state index in [0.717, 1.165) is 6.07 Å². The second-order valence-electron chi connectivity index (χ2n) is 5.34. The van der Waals surface area contributed by atoms with Crippen LogP contribution in [0.1, 0.15) is 25.0 Å². The third kappa shape index (κ3) is 3.80. The molecule has 1 aromatic rings. The maximum absolute atomic E-state index is 12.4. The molecule has 0 heterocycles. The summed E-state index contributed by atoms with van der Waals surface area (Å²) in [5.41, 5.74) is 0.311. The molecule has 0 amide bonds. The van der Waals surface area contributed by atoms with Crippen molar-refractivity contribution in [3.05, 3.63) is 33.4 Å². The summed E-state index contributed by atoms with van der Waals surface area (Å²) in [4.78, 5) is 21.1. The number of carbonyl (C=O) groups is 1. The van der Waals surface area contributed by atoms with Gasteiger partial charge in [-0.25, -0.2) is 8.42 Å². The number of nitrogens with one attached hydrogen (secondary N) is 1. The molecule has 9 heteroatoms. The summed E-state index contributed by atoms with van der Waals surface area (Å²) >= 11 is 0. The summed E-state index contributed by atoms with van der Waals surface area (Å²) in [5.74, 6) is -1.79. The molecule has 0 aliphatic carbocycles. The highest BCUT2D eigenvalue weighted by Gasteiger charge is 2.30. The minimum absolute atomic E-state index is 0.295. The molecule has 0 aliphatic rings. The molecule has 1 aromatic carbocycles. The molecule has 0 saturated carbocycles. The zero-order chi connectivity index (χ0) is 17.2. The fourth-order valence-corrected chi connectivity index (χ4v) is 3.59. The maximum atomic E-state index is 12.4. The zero-order valence-corrected chi connectivity index (χ0v) is 13.5. The Labute approximate surface area is 128 Å². The van der Waals surface area contributed by atoms with Gasteiger partial charge in [0, 0.05) is 11.6 Å². The van der Waals surface area contributed by atoms with Crippen LogP contribution in [0.3, 0.4) is 0 Å².